The summed E-state index contributed by atoms with van der Waals surface area (Å²) >= 11 is 0. The third-order valence-electron chi connectivity index (χ3n) is 1.63. The third-order valence-corrected chi connectivity index (χ3v) is 1.63. The van der Waals surface area contributed by atoms with Crippen molar-refractivity contribution < 1.29 is 9.90 Å². The SMILES string of the molecule is CC(CC[C@H](N)C(=O)O)NC(=N)N. The highest BCUT2D eigenvalue weighted by atomic mass is 16.4. The number of aliphatic carboxylic acids is 1. The molecule has 13 heavy (non-hydrogen) atoms. The molecule has 0 aromatic heterocycles. The molecule has 0 fully saturated rings. The smallest absolute Gasteiger partial charge is 0.320 e. The highest BCUT2D eigenvalue weighted by molar-refractivity contribution is 5.74. The molecule has 0 aromatic carbocycles. The van der Waals surface area contributed by atoms with Gasteiger partial charge in [0.05, 0.1) is 0 Å². The van der Waals surface area contributed by atoms with Gasteiger partial charge in [-0.3, -0.25) is 10.2 Å². The summed E-state index contributed by atoms with van der Waals surface area (Å²) in [4.78, 5) is 10.3. The van der Waals surface area contributed by atoms with Crippen molar-refractivity contribution in [2.75, 3.05) is 0 Å². The predicted molar refractivity (Wildman–Crippen MR) is 49.4 cm³/mol. The number of hydrogen-bond acceptors (Lipinski definition) is 3. The number of nitrogens with two attached hydrogens (primary N) is 2. The van der Waals surface area contributed by atoms with Crippen LogP contribution >= 0.6 is 0 Å². The minimum Gasteiger partial charge on any atom is -0.480 e. The van der Waals surface area contributed by atoms with Crippen LogP contribution in [-0.2, 0) is 4.79 Å². The van der Waals surface area contributed by atoms with E-state index in [-0.39, 0.29) is 12.0 Å². The Kier molecular flexibility index (Phi) is 4.83. The number of carboxylic acid groups (broad SMARTS) is 1. The summed E-state index contributed by atoms with van der Waals surface area (Å²) in [5.74, 6) is -1.12. The van der Waals surface area contributed by atoms with Crippen molar-refractivity contribution in [3.05, 3.63) is 0 Å². The van der Waals surface area contributed by atoms with Crippen LogP contribution in [0.4, 0.5) is 0 Å². The van der Waals surface area contributed by atoms with Crippen molar-refractivity contribution in [3.63, 3.8) is 0 Å². The number of hydrogen-bond donors (Lipinski definition) is 5. The van der Waals surface area contributed by atoms with Crippen molar-refractivity contribution in [2.24, 2.45) is 11.5 Å². The first-order valence-electron chi connectivity index (χ1n) is 4.02. The van der Waals surface area contributed by atoms with E-state index < -0.39 is 12.0 Å². The molecule has 0 aliphatic carbocycles. The Morgan fingerprint density at radius 3 is 2.54 bits per heavy atom. The first-order valence-corrected chi connectivity index (χ1v) is 4.02. The Morgan fingerprint density at radius 2 is 2.15 bits per heavy atom. The first kappa shape index (κ1) is 11.7. The van der Waals surface area contributed by atoms with Gasteiger partial charge in [-0.15, -0.1) is 0 Å². The highest BCUT2D eigenvalue weighted by Crippen LogP contribution is 1.99. The Hall–Kier alpha value is -1.30. The van der Waals surface area contributed by atoms with Crippen LogP contribution in [0, 0.1) is 5.41 Å². The fourth-order valence-electron chi connectivity index (χ4n) is 0.891. The average molecular weight is 188 g/mol. The molecule has 0 aromatic rings. The van der Waals surface area contributed by atoms with E-state index in [0.717, 1.165) is 0 Å². The molecule has 2 atom stereocenters. The van der Waals surface area contributed by atoms with Crippen LogP contribution in [0.5, 0.6) is 0 Å². The largest absolute Gasteiger partial charge is 0.480 e. The Labute approximate surface area is 76.8 Å². The molecule has 7 N–H and O–H groups in total. The summed E-state index contributed by atoms with van der Waals surface area (Å²) < 4.78 is 0. The molecular weight excluding hydrogens is 172 g/mol. The standard InChI is InChI=1S/C7H16N4O2/c1-4(11-7(9)10)2-3-5(8)6(12)13/h4-5H,2-3,8H2,1H3,(H,12,13)(H4,9,10,11)/t4?,5-/m0/s1. The summed E-state index contributed by atoms with van der Waals surface area (Å²) in [6, 6.07) is -0.862. The van der Waals surface area contributed by atoms with Gasteiger partial charge in [-0.25, -0.2) is 0 Å². The molecule has 0 aliphatic rings. The predicted octanol–water partition coefficient (Wildman–Crippen LogP) is -0.950. The zero-order valence-electron chi connectivity index (χ0n) is 7.58. The molecule has 0 heterocycles. The molecule has 0 aliphatic heterocycles. The summed E-state index contributed by atoms with van der Waals surface area (Å²) in [6.45, 7) is 1.82. The van der Waals surface area contributed by atoms with Crippen molar-refractivity contribution in [2.45, 2.75) is 31.8 Å². The summed E-state index contributed by atoms with van der Waals surface area (Å²) in [6.07, 6.45) is 0.948. The van der Waals surface area contributed by atoms with Crippen LogP contribution in [0.3, 0.4) is 0 Å². The highest BCUT2D eigenvalue weighted by Gasteiger charge is 2.12. The van der Waals surface area contributed by atoms with Crippen molar-refractivity contribution in [3.8, 4) is 0 Å². The van der Waals surface area contributed by atoms with Crippen molar-refractivity contribution >= 4 is 11.9 Å². The number of guanidine groups is 1. The van der Waals surface area contributed by atoms with E-state index >= 15 is 0 Å². The molecule has 0 amide bonds. The number of nitrogens with one attached hydrogen (secondary N) is 2. The topological polar surface area (TPSA) is 125 Å². The molecule has 0 rings (SSSR count). The van der Waals surface area contributed by atoms with Gasteiger partial charge in [-0.1, -0.05) is 0 Å². The lowest BCUT2D eigenvalue weighted by atomic mass is 10.1. The molecule has 0 saturated carbocycles. The van der Waals surface area contributed by atoms with Crippen LogP contribution in [-0.4, -0.2) is 29.1 Å². The second-order valence-corrected chi connectivity index (χ2v) is 2.98. The molecule has 1 unspecified atom stereocenters. The molecule has 0 saturated heterocycles. The van der Waals surface area contributed by atoms with Crippen molar-refractivity contribution in [1.29, 1.82) is 5.41 Å². The molecule has 0 bridgehead atoms. The van der Waals surface area contributed by atoms with Crippen LogP contribution in [0.2, 0.25) is 0 Å². The third kappa shape index (κ3) is 5.92. The molecule has 76 valence electrons. The van der Waals surface area contributed by atoms with Gasteiger partial charge in [0.2, 0.25) is 0 Å². The second kappa shape index (κ2) is 5.36. The minimum atomic E-state index is -1.00. The maximum absolute atomic E-state index is 10.3. The summed E-state index contributed by atoms with van der Waals surface area (Å²) in [5.41, 5.74) is 10.4. The van der Waals surface area contributed by atoms with E-state index in [0.29, 0.717) is 12.8 Å². The van der Waals surface area contributed by atoms with E-state index in [1.54, 1.807) is 0 Å². The van der Waals surface area contributed by atoms with Gasteiger partial charge < -0.3 is 21.9 Å². The molecule has 0 radical (unpaired) electrons. The lowest BCUT2D eigenvalue weighted by molar-refractivity contribution is -0.138. The van der Waals surface area contributed by atoms with Gasteiger partial charge in [0, 0.05) is 6.04 Å². The molecular formula is C7H16N4O2. The monoisotopic (exact) mass is 188 g/mol. The maximum atomic E-state index is 10.3. The number of carbonyl (C=O) groups is 1. The lowest BCUT2D eigenvalue weighted by Gasteiger charge is -2.14. The van der Waals surface area contributed by atoms with Gasteiger partial charge in [-0.05, 0) is 19.8 Å². The molecule has 6 nitrogen and oxygen atoms in total. The first-order chi connectivity index (χ1) is 5.93. The minimum absolute atomic E-state index is 0.0251. The Balaban J connectivity index is 3.63. The summed E-state index contributed by atoms with van der Waals surface area (Å²) in [7, 11) is 0. The zero-order chi connectivity index (χ0) is 10.4. The molecule has 6 heteroatoms. The lowest BCUT2D eigenvalue weighted by Crippen LogP contribution is -2.39. The Bertz CT molecular complexity index is 195. The van der Waals surface area contributed by atoms with E-state index in [1.165, 1.54) is 0 Å². The van der Waals surface area contributed by atoms with E-state index in [9.17, 15) is 4.79 Å². The van der Waals surface area contributed by atoms with Crippen LogP contribution in [0.25, 0.3) is 0 Å². The van der Waals surface area contributed by atoms with Gasteiger partial charge in [0.25, 0.3) is 0 Å². The van der Waals surface area contributed by atoms with Gasteiger partial charge in [-0.2, -0.15) is 0 Å². The number of rotatable bonds is 5. The van der Waals surface area contributed by atoms with Crippen LogP contribution < -0.4 is 16.8 Å². The van der Waals surface area contributed by atoms with Gasteiger partial charge in [0.15, 0.2) is 5.96 Å². The van der Waals surface area contributed by atoms with Gasteiger partial charge in [0.1, 0.15) is 6.04 Å². The van der Waals surface area contributed by atoms with Crippen molar-refractivity contribution in [1.82, 2.24) is 5.32 Å². The van der Waals surface area contributed by atoms with E-state index in [1.807, 2.05) is 6.92 Å². The number of carboxylic acids is 1. The summed E-state index contributed by atoms with van der Waals surface area (Å²) in [5, 5.41) is 18.0. The maximum Gasteiger partial charge on any atom is 0.320 e. The Morgan fingerprint density at radius 1 is 1.62 bits per heavy atom. The van der Waals surface area contributed by atoms with Gasteiger partial charge >= 0.3 is 5.97 Å². The van der Waals surface area contributed by atoms with Crippen LogP contribution in [0.15, 0.2) is 0 Å². The average Bonchev–Trinajstić information content (AvgIpc) is 1.98. The van der Waals surface area contributed by atoms with E-state index in [4.69, 9.17) is 22.0 Å². The zero-order valence-corrected chi connectivity index (χ0v) is 7.58. The molecule has 0 spiro atoms. The quantitative estimate of drug-likeness (QED) is 0.281. The second-order valence-electron chi connectivity index (χ2n) is 2.98. The fourth-order valence-corrected chi connectivity index (χ4v) is 0.891. The fraction of sp³-hybridized carbons (Fsp3) is 0.714. The van der Waals surface area contributed by atoms with E-state index in [2.05, 4.69) is 5.32 Å². The normalized spacial score (nSPS) is 14.6. The van der Waals surface area contributed by atoms with Crippen LogP contribution in [0.1, 0.15) is 19.8 Å².